The summed E-state index contributed by atoms with van der Waals surface area (Å²) in [4.78, 5) is 28.4. The van der Waals surface area contributed by atoms with Gasteiger partial charge in [-0.25, -0.2) is 17.5 Å². The van der Waals surface area contributed by atoms with E-state index in [0.717, 1.165) is 24.6 Å². The number of aromatic nitrogens is 2. The molecule has 2 aromatic rings. The van der Waals surface area contributed by atoms with E-state index < -0.39 is 27.8 Å². The number of hydrogen-bond donors (Lipinski definition) is 2. The number of sulfonamides is 1. The van der Waals surface area contributed by atoms with E-state index in [4.69, 9.17) is 0 Å². The molecule has 1 saturated heterocycles. The average molecular weight is 437 g/mol. The van der Waals surface area contributed by atoms with Gasteiger partial charge in [0.2, 0.25) is 10.0 Å². The van der Waals surface area contributed by atoms with Gasteiger partial charge in [-0.3, -0.25) is 14.7 Å². The molecule has 1 aromatic heterocycles. The van der Waals surface area contributed by atoms with Gasteiger partial charge >= 0.3 is 0 Å². The molecule has 9 nitrogen and oxygen atoms in total. The zero-order chi connectivity index (χ0) is 22.1. The van der Waals surface area contributed by atoms with Crippen LogP contribution < -0.4 is 4.72 Å². The largest absolute Gasteiger partial charge is 0.345 e. The number of nitrogens with zero attached hydrogens (tertiary/aromatic N) is 3. The van der Waals surface area contributed by atoms with Crippen molar-refractivity contribution in [3.8, 4) is 0 Å². The Morgan fingerprint density at radius 3 is 2.67 bits per heavy atom. The maximum atomic E-state index is 14.5. The number of rotatable bonds is 5. The summed E-state index contributed by atoms with van der Waals surface area (Å²) < 4.78 is 40.8. The van der Waals surface area contributed by atoms with Crippen molar-refractivity contribution in [1.29, 1.82) is 0 Å². The van der Waals surface area contributed by atoms with Crippen molar-refractivity contribution in [1.82, 2.24) is 24.7 Å². The van der Waals surface area contributed by atoms with Gasteiger partial charge in [-0.2, -0.15) is 5.10 Å². The molecule has 2 N–H and O–H groups in total. The van der Waals surface area contributed by atoms with Gasteiger partial charge in [-0.1, -0.05) is 0 Å². The molecular formula is C19H24FN5O4S. The van der Waals surface area contributed by atoms with Crippen LogP contribution in [0.15, 0.2) is 29.3 Å². The molecule has 0 bridgehead atoms. The molecule has 2 amide bonds. The average Bonchev–Trinajstić information content (AvgIpc) is 3.22. The molecular weight excluding hydrogens is 413 g/mol. The van der Waals surface area contributed by atoms with E-state index in [1.165, 1.54) is 23.0 Å². The fraction of sp³-hybridized carbons (Fsp3) is 0.421. The van der Waals surface area contributed by atoms with Gasteiger partial charge < -0.3 is 9.80 Å². The van der Waals surface area contributed by atoms with Gasteiger partial charge in [0.1, 0.15) is 5.82 Å². The van der Waals surface area contributed by atoms with Crippen LogP contribution in [0.2, 0.25) is 0 Å². The first-order chi connectivity index (χ1) is 14.2. The van der Waals surface area contributed by atoms with Gasteiger partial charge in [-0.15, -0.1) is 0 Å². The molecule has 1 aliphatic heterocycles. The van der Waals surface area contributed by atoms with Gasteiger partial charge in [0, 0.05) is 20.6 Å². The van der Waals surface area contributed by atoms with E-state index in [9.17, 15) is 22.4 Å². The van der Waals surface area contributed by atoms with Crippen LogP contribution in [-0.2, 0) is 10.0 Å². The maximum absolute atomic E-state index is 14.5. The summed E-state index contributed by atoms with van der Waals surface area (Å²) in [6.07, 6.45) is 3.51. The molecule has 0 radical (unpaired) electrons. The second kappa shape index (κ2) is 8.52. The highest BCUT2D eigenvalue weighted by Gasteiger charge is 2.34. The Labute approximate surface area is 174 Å². The van der Waals surface area contributed by atoms with Crippen molar-refractivity contribution in [3.63, 3.8) is 0 Å². The summed E-state index contributed by atoms with van der Waals surface area (Å²) >= 11 is 0. The van der Waals surface area contributed by atoms with E-state index in [-0.39, 0.29) is 16.4 Å². The lowest BCUT2D eigenvalue weighted by Gasteiger charge is -2.35. The minimum atomic E-state index is -3.84. The Bertz CT molecular complexity index is 1070. The van der Waals surface area contributed by atoms with Crippen LogP contribution in [0.1, 0.15) is 51.7 Å². The normalized spacial score (nSPS) is 17.1. The summed E-state index contributed by atoms with van der Waals surface area (Å²) in [5, 5.41) is 6.79. The molecule has 30 heavy (non-hydrogen) atoms. The number of aromatic amines is 1. The zero-order valence-electron chi connectivity index (χ0n) is 17.0. The molecule has 2 heterocycles. The topological polar surface area (TPSA) is 115 Å². The molecule has 0 spiro atoms. The van der Waals surface area contributed by atoms with Crippen LogP contribution in [0.4, 0.5) is 4.39 Å². The lowest BCUT2D eigenvalue weighted by molar-refractivity contribution is 0.0595. The zero-order valence-corrected chi connectivity index (χ0v) is 17.8. The van der Waals surface area contributed by atoms with Crippen molar-refractivity contribution in [2.24, 2.45) is 0 Å². The fourth-order valence-electron chi connectivity index (χ4n) is 3.54. The van der Waals surface area contributed by atoms with E-state index in [2.05, 4.69) is 14.9 Å². The summed E-state index contributed by atoms with van der Waals surface area (Å²) in [7, 11) is 0.633. The van der Waals surface area contributed by atoms with Crippen LogP contribution in [0, 0.1) is 5.82 Å². The van der Waals surface area contributed by atoms with Crippen molar-refractivity contribution in [3.05, 3.63) is 47.0 Å². The fourth-order valence-corrected chi connectivity index (χ4v) is 4.30. The number of nitrogens with one attached hydrogen (secondary N) is 2. The van der Waals surface area contributed by atoms with Crippen LogP contribution in [0.5, 0.6) is 0 Å². The lowest BCUT2D eigenvalue weighted by atomic mass is 9.95. The minimum Gasteiger partial charge on any atom is -0.345 e. The number of benzene rings is 1. The van der Waals surface area contributed by atoms with E-state index in [0.29, 0.717) is 30.6 Å². The lowest BCUT2D eigenvalue weighted by Crippen LogP contribution is -2.40. The number of H-pyrrole nitrogens is 1. The monoisotopic (exact) mass is 437 g/mol. The molecule has 1 fully saturated rings. The number of carbonyl (C=O) groups excluding carboxylic acids is 2. The number of hydrogen-bond acceptors (Lipinski definition) is 5. The SMILES string of the molecule is CNS(=O)(=O)c1ccc(F)c(C(=O)N2CCCC[C@@H]2c2[nH]ncc2C(=O)N(C)C)c1. The number of carbonyl (C=O) groups is 2. The first-order valence-corrected chi connectivity index (χ1v) is 10.9. The predicted octanol–water partition coefficient (Wildman–Crippen LogP) is 1.53. The van der Waals surface area contributed by atoms with E-state index in [1.54, 1.807) is 14.1 Å². The molecule has 11 heteroatoms. The third kappa shape index (κ3) is 4.08. The first-order valence-electron chi connectivity index (χ1n) is 9.46. The Kier molecular flexibility index (Phi) is 6.22. The smallest absolute Gasteiger partial charge is 0.257 e. The van der Waals surface area contributed by atoms with Crippen molar-refractivity contribution in [2.45, 2.75) is 30.2 Å². The second-order valence-corrected chi connectivity index (χ2v) is 9.14. The minimum absolute atomic E-state index is 0.201. The molecule has 1 aromatic carbocycles. The van der Waals surface area contributed by atoms with Crippen molar-refractivity contribution < 1.29 is 22.4 Å². The Balaban J connectivity index is 2.01. The number of amides is 2. The van der Waals surface area contributed by atoms with Gasteiger partial charge in [0.15, 0.2) is 0 Å². The molecule has 162 valence electrons. The Morgan fingerprint density at radius 2 is 2.00 bits per heavy atom. The summed E-state index contributed by atoms with van der Waals surface area (Å²) in [5.41, 5.74) is 0.496. The number of likely N-dealkylation sites (tertiary alicyclic amines) is 1. The number of halogens is 1. The summed E-state index contributed by atoms with van der Waals surface area (Å²) in [5.74, 6) is -1.71. The van der Waals surface area contributed by atoms with Gasteiger partial charge in [-0.05, 0) is 44.5 Å². The van der Waals surface area contributed by atoms with Crippen LogP contribution in [0.25, 0.3) is 0 Å². The van der Waals surface area contributed by atoms with E-state index >= 15 is 0 Å². The Morgan fingerprint density at radius 1 is 1.27 bits per heavy atom. The second-order valence-electron chi connectivity index (χ2n) is 7.26. The summed E-state index contributed by atoms with van der Waals surface area (Å²) in [6.45, 7) is 0.348. The third-order valence-electron chi connectivity index (χ3n) is 5.15. The quantitative estimate of drug-likeness (QED) is 0.736. The van der Waals surface area contributed by atoms with E-state index in [1.807, 2.05) is 0 Å². The number of piperidine rings is 1. The van der Waals surface area contributed by atoms with Crippen LogP contribution >= 0.6 is 0 Å². The highest BCUT2D eigenvalue weighted by molar-refractivity contribution is 7.89. The maximum Gasteiger partial charge on any atom is 0.257 e. The van der Waals surface area contributed by atoms with Crippen molar-refractivity contribution in [2.75, 3.05) is 27.7 Å². The standard InChI is InChI=1S/C19H24FN5O4S/c1-21-30(28,29)12-7-8-15(20)13(10-12)19(27)25-9-5-4-6-16(25)17-14(11-22-23-17)18(26)24(2)3/h7-8,10-11,16,21H,4-6,9H2,1-3H3,(H,22,23)/t16-/m1/s1. The molecule has 0 aliphatic carbocycles. The highest BCUT2D eigenvalue weighted by Crippen LogP contribution is 2.33. The molecule has 0 unspecified atom stereocenters. The highest BCUT2D eigenvalue weighted by atomic mass is 32.2. The molecule has 1 atom stereocenters. The van der Waals surface area contributed by atoms with Crippen molar-refractivity contribution >= 4 is 21.8 Å². The summed E-state index contributed by atoms with van der Waals surface area (Å²) in [6, 6.07) is 2.60. The van der Waals surface area contributed by atoms with Gasteiger partial charge in [0.05, 0.1) is 34.0 Å². The Hall–Kier alpha value is -2.79. The molecule has 0 saturated carbocycles. The molecule has 3 rings (SSSR count). The third-order valence-corrected chi connectivity index (χ3v) is 6.56. The van der Waals surface area contributed by atoms with Crippen LogP contribution in [-0.4, -0.2) is 67.9 Å². The van der Waals surface area contributed by atoms with Gasteiger partial charge in [0.25, 0.3) is 11.8 Å². The van der Waals surface area contributed by atoms with Crippen LogP contribution in [0.3, 0.4) is 0 Å². The predicted molar refractivity (Wildman–Crippen MR) is 107 cm³/mol. The molecule has 1 aliphatic rings. The first kappa shape index (κ1) is 21.9.